The third kappa shape index (κ3) is 3.15. The Hall–Kier alpha value is -3.07. The van der Waals surface area contributed by atoms with Crippen molar-refractivity contribution >= 4 is 16.9 Å². The largest absolute Gasteiger partial charge is 0.467 e. The number of hydrogen-bond acceptors (Lipinski definition) is 4. The van der Waals surface area contributed by atoms with Crippen LogP contribution < -0.4 is 16.1 Å². The molecule has 31 heavy (non-hydrogen) atoms. The van der Waals surface area contributed by atoms with Crippen LogP contribution in [0.1, 0.15) is 36.4 Å². The van der Waals surface area contributed by atoms with Crippen LogP contribution in [0.25, 0.3) is 16.9 Å². The first kappa shape index (κ1) is 19.9. The van der Waals surface area contributed by atoms with Gasteiger partial charge < -0.3 is 13.9 Å². The molecule has 164 valence electrons. The Morgan fingerprint density at radius 3 is 2.58 bits per heavy atom. The van der Waals surface area contributed by atoms with Gasteiger partial charge in [0.1, 0.15) is 5.76 Å². The lowest BCUT2D eigenvalue weighted by atomic mass is 10.1. The van der Waals surface area contributed by atoms with E-state index in [2.05, 4.69) is 0 Å². The van der Waals surface area contributed by atoms with Gasteiger partial charge in [-0.15, -0.1) is 0 Å². The van der Waals surface area contributed by atoms with Gasteiger partial charge in [0.2, 0.25) is 5.78 Å². The number of aryl methyl sites for hydroxylation is 2. The molecule has 0 radical (unpaired) electrons. The number of rotatable bonds is 5. The van der Waals surface area contributed by atoms with Gasteiger partial charge in [-0.1, -0.05) is 0 Å². The number of fused-ring (bicyclic) bond motifs is 3. The van der Waals surface area contributed by atoms with Gasteiger partial charge in [0.05, 0.1) is 39.0 Å². The van der Waals surface area contributed by atoms with E-state index < -0.39 is 0 Å². The van der Waals surface area contributed by atoms with Crippen molar-refractivity contribution in [3.05, 3.63) is 56.4 Å². The number of likely N-dealkylation sites (tertiary alicyclic amines) is 1. The number of hydrogen-bond donors (Lipinski definition) is 1. The van der Waals surface area contributed by atoms with E-state index in [4.69, 9.17) is 9.40 Å². The second-order valence-electron chi connectivity index (χ2n) is 8.61. The monoisotopic (exact) mass is 425 g/mol. The molecule has 0 aromatic carbocycles. The molecule has 5 rings (SSSR count). The van der Waals surface area contributed by atoms with Gasteiger partial charge in [0, 0.05) is 18.4 Å². The van der Waals surface area contributed by atoms with Gasteiger partial charge >= 0.3 is 5.69 Å². The van der Waals surface area contributed by atoms with Crippen molar-refractivity contribution < 1.29 is 9.32 Å². The fourth-order valence-corrected chi connectivity index (χ4v) is 4.83. The maximum Gasteiger partial charge on any atom is 0.332 e. The van der Waals surface area contributed by atoms with E-state index in [1.807, 2.05) is 34.9 Å². The molecule has 4 aromatic heterocycles. The number of nitrogens with one attached hydrogen (secondary N) is 1. The molecule has 5 heterocycles. The van der Waals surface area contributed by atoms with E-state index >= 15 is 0 Å². The molecule has 1 fully saturated rings. The Kier molecular flexibility index (Phi) is 4.85. The number of piperidine rings is 1. The highest BCUT2D eigenvalue weighted by atomic mass is 16.3. The summed E-state index contributed by atoms with van der Waals surface area (Å²) in [6.07, 6.45) is 5.35. The Labute approximate surface area is 179 Å². The zero-order chi connectivity index (χ0) is 21.7. The fourth-order valence-electron chi connectivity index (χ4n) is 4.83. The molecule has 1 aliphatic heterocycles. The van der Waals surface area contributed by atoms with Gasteiger partial charge in [-0.3, -0.25) is 18.3 Å². The van der Waals surface area contributed by atoms with Crippen molar-refractivity contribution in [2.75, 3.05) is 19.6 Å². The summed E-state index contributed by atoms with van der Waals surface area (Å²) in [6, 6.07) is 3.77. The van der Waals surface area contributed by atoms with Gasteiger partial charge in [-0.2, -0.15) is 4.98 Å². The Morgan fingerprint density at radius 2 is 1.87 bits per heavy atom. The zero-order valence-electron chi connectivity index (χ0n) is 18.3. The highest BCUT2D eigenvalue weighted by Gasteiger charge is 2.23. The summed E-state index contributed by atoms with van der Waals surface area (Å²) in [4.78, 5) is 32.7. The van der Waals surface area contributed by atoms with Crippen molar-refractivity contribution in [3.8, 4) is 0 Å². The van der Waals surface area contributed by atoms with Crippen molar-refractivity contribution in [2.45, 2.75) is 46.2 Å². The molecule has 4 aromatic rings. The number of furan rings is 1. The van der Waals surface area contributed by atoms with Gasteiger partial charge in [0.25, 0.3) is 5.56 Å². The molecular formula is C22H29N6O3+. The smallest absolute Gasteiger partial charge is 0.332 e. The van der Waals surface area contributed by atoms with Crippen molar-refractivity contribution in [1.29, 1.82) is 0 Å². The van der Waals surface area contributed by atoms with Crippen LogP contribution in [-0.2, 0) is 20.1 Å². The third-order valence-corrected chi connectivity index (χ3v) is 6.77. The molecule has 1 N–H and O–H groups in total. The topological polar surface area (TPSA) is 83.8 Å². The van der Waals surface area contributed by atoms with Crippen molar-refractivity contribution in [1.82, 2.24) is 23.1 Å². The third-order valence-electron chi connectivity index (χ3n) is 6.77. The van der Waals surface area contributed by atoms with Crippen LogP contribution in [0.3, 0.4) is 0 Å². The molecule has 9 heteroatoms. The summed E-state index contributed by atoms with van der Waals surface area (Å²) in [5.41, 5.74) is 2.26. The minimum Gasteiger partial charge on any atom is -0.467 e. The summed E-state index contributed by atoms with van der Waals surface area (Å²) < 4.78 is 12.3. The summed E-state index contributed by atoms with van der Waals surface area (Å²) in [6.45, 7) is 7.95. The Bertz CT molecular complexity index is 1360. The summed E-state index contributed by atoms with van der Waals surface area (Å²) in [5, 5.41) is 0. The lowest BCUT2D eigenvalue weighted by molar-refractivity contribution is -0.905. The molecule has 0 saturated carbocycles. The zero-order valence-corrected chi connectivity index (χ0v) is 18.3. The van der Waals surface area contributed by atoms with Gasteiger partial charge in [0.15, 0.2) is 11.2 Å². The predicted octanol–water partition coefficient (Wildman–Crippen LogP) is 0.476. The predicted molar refractivity (Wildman–Crippen MR) is 117 cm³/mol. The maximum absolute atomic E-state index is 13.5. The molecule has 0 aliphatic carbocycles. The standard InChI is InChI=1S/C22H28N6O3/c1-15-16(2)28-18-19(23-21(28)27(15)14-17-8-7-13-31-17)24(3)22(30)26(20(18)29)12-11-25-9-5-4-6-10-25/h7-8,13H,4-6,9-12,14H2,1-3H3/p+1. The fraction of sp³-hybridized carbons (Fsp3) is 0.500. The maximum atomic E-state index is 13.5. The molecule has 0 spiro atoms. The molecular weight excluding hydrogens is 396 g/mol. The molecule has 0 amide bonds. The normalized spacial score (nSPS) is 15.5. The second-order valence-corrected chi connectivity index (χ2v) is 8.61. The highest BCUT2D eigenvalue weighted by molar-refractivity contribution is 5.76. The van der Waals surface area contributed by atoms with Crippen LogP contribution in [-0.4, -0.2) is 42.7 Å². The van der Waals surface area contributed by atoms with E-state index in [1.165, 1.54) is 33.3 Å². The van der Waals surface area contributed by atoms with Crippen LogP contribution in [0.5, 0.6) is 0 Å². The lowest BCUT2D eigenvalue weighted by Gasteiger charge is -2.23. The van der Waals surface area contributed by atoms with Crippen molar-refractivity contribution in [3.63, 3.8) is 0 Å². The van der Waals surface area contributed by atoms with Crippen LogP contribution in [0.15, 0.2) is 32.4 Å². The van der Waals surface area contributed by atoms with E-state index in [1.54, 1.807) is 13.3 Å². The quantitative estimate of drug-likeness (QED) is 0.504. The molecule has 0 atom stereocenters. The minimum atomic E-state index is -0.304. The number of quaternary nitrogens is 1. The summed E-state index contributed by atoms with van der Waals surface area (Å²) in [5.74, 6) is 1.45. The van der Waals surface area contributed by atoms with Crippen LogP contribution in [0.2, 0.25) is 0 Å². The second kappa shape index (κ2) is 7.56. The first-order valence-corrected chi connectivity index (χ1v) is 11.0. The number of imidazole rings is 2. The minimum absolute atomic E-state index is 0.264. The van der Waals surface area contributed by atoms with E-state index in [-0.39, 0.29) is 11.2 Å². The molecule has 1 aliphatic rings. The lowest BCUT2D eigenvalue weighted by Crippen LogP contribution is -3.13. The van der Waals surface area contributed by atoms with Crippen LogP contribution >= 0.6 is 0 Å². The van der Waals surface area contributed by atoms with E-state index in [0.29, 0.717) is 30.0 Å². The Balaban J connectivity index is 1.65. The first-order chi connectivity index (χ1) is 15.0. The van der Waals surface area contributed by atoms with Gasteiger partial charge in [-0.25, -0.2) is 4.79 Å². The van der Waals surface area contributed by atoms with Crippen LogP contribution in [0.4, 0.5) is 0 Å². The van der Waals surface area contributed by atoms with Gasteiger partial charge in [-0.05, 0) is 45.2 Å². The Morgan fingerprint density at radius 1 is 1.10 bits per heavy atom. The van der Waals surface area contributed by atoms with E-state index in [0.717, 1.165) is 36.8 Å². The first-order valence-electron chi connectivity index (χ1n) is 11.0. The van der Waals surface area contributed by atoms with Crippen LogP contribution in [0, 0.1) is 13.8 Å². The van der Waals surface area contributed by atoms with E-state index in [9.17, 15) is 9.59 Å². The molecule has 0 unspecified atom stereocenters. The molecule has 1 saturated heterocycles. The summed E-state index contributed by atoms with van der Waals surface area (Å²) in [7, 11) is 1.69. The van der Waals surface area contributed by atoms with Crippen molar-refractivity contribution in [2.24, 2.45) is 7.05 Å². The summed E-state index contributed by atoms with van der Waals surface area (Å²) >= 11 is 0. The average molecular weight is 426 g/mol. The average Bonchev–Trinajstić information content (AvgIpc) is 3.48. The SMILES string of the molecule is Cc1c(C)n2c3c(=O)n(CC[NH+]4CCCCC4)c(=O)n(C)c3nc2n1Cc1ccco1. The molecule has 0 bridgehead atoms. The molecule has 9 nitrogen and oxygen atoms in total. The highest BCUT2D eigenvalue weighted by Crippen LogP contribution is 2.21. The number of nitrogens with zero attached hydrogens (tertiary/aromatic N) is 5. The number of aromatic nitrogens is 5.